The van der Waals surface area contributed by atoms with Crippen LogP contribution in [0.25, 0.3) is 10.4 Å². The van der Waals surface area contributed by atoms with Gasteiger partial charge in [0.25, 0.3) is 0 Å². The smallest absolute Gasteiger partial charge is 0.246 e. The predicted octanol–water partition coefficient (Wildman–Crippen LogP) is 10.3. The van der Waals surface area contributed by atoms with Gasteiger partial charge in [-0.15, -0.1) is 11.3 Å². The van der Waals surface area contributed by atoms with Gasteiger partial charge < -0.3 is 45.8 Å². The SMILES string of the molecule is Cc1cc(Nc2ncnc(Nc3ccccc3S(=O)(=O)C(C)C)n2)c(OC(C)C)cc1N1CCC(N2CCN(C(=O)CCCCCCCCCCCC(=O)N[C@H](C(=O)N3C[C@H](O)C[C@H]3C(=O)NCc3ccc(-c4scnc4C)cc3)C(C)(C)C)CC2)CC1. The topological polar surface area (TPSA) is 245 Å². The maximum atomic E-state index is 14.1. The van der Waals surface area contributed by atoms with E-state index < -0.39 is 38.7 Å². The molecule has 88 heavy (non-hydrogen) atoms. The van der Waals surface area contributed by atoms with E-state index in [4.69, 9.17) is 4.74 Å². The number of carbonyl (C=O) groups is 4. The van der Waals surface area contributed by atoms with E-state index in [1.54, 1.807) is 49.4 Å². The molecule has 3 fully saturated rings. The molecule has 3 aromatic carbocycles. The number of hydrogen-bond acceptors (Lipinski definition) is 17. The highest BCUT2D eigenvalue weighted by Crippen LogP contribution is 2.38. The first-order chi connectivity index (χ1) is 42.0. The molecule has 5 N–H and O–H groups in total. The van der Waals surface area contributed by atoms with Crippen LogP contribution in [0.1, 0.15) is 155 Å². The number of aryl methyl sites for hydroxylation is 2. The van der Waals surface area contributed by atoms with Crippen LogP contribution in [-0.4, -0.2) is 153 Å². The number of rotatable bonds is 28. The highest BCUT2D eigenvalue weighted by Gasteiger charge is 2.44. The number of aromatic nitrogens is 4. The number of amides is 4. The lowest BCUT2D eigenvalue weighted by Crippen LogP contribution is -2.57. The first-order valence-electron chi connectivity index (χ1n) is 31.7. The van der Waals surface area contributed by atoms with Crippen molar-refractivity contribution in [2.45, 2.75) is 199 Å². The summed E-state index contributed by atoms with van der Waals surface area (Å²) in [6, 6.07) is 17.6. The Morgan fingerprint density at radius 1 is 0.773 bits per heavy atom. The average Bonchev–Trinajstić information content (AvgIpc) is 3.04. The first kappa shape index (κ1) is 67.2. The molecule has 0 unspecified atom stereocenters. The van der Waals surface area contributed by atoms with E-state index >= 15 is 0 Å². The Morgan fingerprint density at radius 2 is 1.40 bits per heavy atom. The summed E-state index contributed by atoms with van der Waals surface area (Å²) in [7, 11) is -3.56. The molecule has 3 atom stereocenters. The minimum absolute atomic E-state index is 0.0319. The van der Waals surface area contributed by atoms with Gasteiger partial charge in [0.15, 0.2) is 9.84 Å². The molecular formula is C66H94N12O8S2. The second kappa shape index (κ2) is 31.1. The number of anilines is 5. The van der Waals surface area contributed by atoms with E-state index in [9.17, 15) is 32.7 Å². The fourth-order valence-corrected chi connectivity index (χ4v) is 14.0. The van der Waals surface area contributed by atoms with Crippen molar-refractivity contribution in [3.8, 4) is 16.2 Å². The van der Waals surface area contributed by atoms with Crippen LogP contribution < -0.4 is 30.9 Å². The zero-order chi connectivity index (χ0) is 63.1. The number of unbranched alkanes of at least 4 members (excludes halogenated alkanes) is 8. The second-order valence-electron chi connectivity index (χ2n) is 25.5. The lowest BCUT2D eigenvalue weighted by atomic mass is 9.85. The summed E-state index contributed by atoms with van der Waals surface area (Å²) < 4.78 is 32.5. The molecule has 4 amide bonds. The third-order valence-corrected chi connectivity index (χ3v) is 20.2. The Balaban J connectivity index is 0.681. The number of nitrogens with one attached hydrogen (secondary N) is 4. The van der Waals surface area contributed by atoms with Crippen molar-refractivity contribution in [3.63, 3.8) is 0 Å². The molecule has 478 valence electrons. The summed E-state index contributed by atoms with van der Waals surface area (Å²) in [5.74, 6) is 0.537. The molecule has 0 saturated carbocycles. The molecule has 3 aliphatic rings. The number of aliphatic hydroxyl groups excluding tert-OH is 1. The summed E-state index contributed by atoms with van der Waals surface area (Å²) in [5, 5.41) is 22.4. The lowest BCUT2D eigenvalue weighted by Gasteiger charge is -2.43. The van der Waals surface area contributed by atoms with Gasteiger partial charge in [0.1, 0.15) is 24.2 Å². The molecule has 2 aromatic heterocycles. The zero-order valence-corrected chi connectivity index (χ0v) is 54.8. The second-order valence-corrected chi connectivity index (χ2v) is 28.9. The molecule has 22 heteroatoms. The van der Waals surface area contributed by atoms with E-state index in [0.29, 0.717) is 36.0 Å². The van der Waals surface area contributed by atoms with Crippen molar-refractivity contribution in [3.05, 3.63) is 89.3 Å². The van der Waals surface area contributed by atoms with Gasteiger partial charge in [-0.25, -0.2) is 23.4 Å². The van der Waals surface area contributed by atoms with Gasteiger partial charge in [-0.05, 0) is 108 Å². The maximum Gasteiger partial charge on any atom is 0.246 e. The number of β-amino-alcohol motifs (C(OH)–C–C–N with tert-alkyl or cyclic N) is 1. The minimum Gasteiger partial charge on any atom is -0.489 e. The molecule has 0 radical (unpaired) electrons. The third-order valence-electron chi connectivity index (χ3n) is 17.0. The molecular weight excluding hydrogens is 1150 g/mol. The summed E-state index contributed by atoms with van der Waals surface area (Å²) in [5.41, 5.74) is 7.45. The predicted molar refractivity (Wildman–Crippen MR) is 348 cm³/mol. The number of ether oxygens (including phenoxy) is 1. The quantitative estimate of drug-likeness (QED) is 0.0292. The van der Waals surface area contributed by atoms with Gasteiger partial charge in [-0.2, -0.15) is 4.98 Å². The largest absolute Gasteiger partial charge is 0.489 e. The monoisotopic (exact) mass is 1250 g/mol. The Hall–Kier alpha value is -6.75. The minimum atomic E-state index is -3.56. The standard InChI is InChI=1S/C66H94N12O8S2/c1-44(2)86-56-39-54(46(5)37-53(56)72-65-69-42-68-64(74-65)71-52-21-19-20-22-57(52)88(84,85)45(3)4)76-31-29-50(30-32-76)75-33-35-77(36-34-75)59(81)24-18-16-14-12-10-11-13-15-17-23-58(80)73-61(66(7,8)9)63(83)78-41-51(79)38-55(78)62(82)67-40-48-25-27-49(28-26-48)60-47(6)70-43-87-60/h19-22,25-28,37,39,42-45,50-51,55,61,79H,10-18,23-24,29-36,38,40-41H2,1-9H3,(H,67,82)(H,73,80)(H2,68,69,71,72,74)/t51-,55+,61-/m1/s1. The number of carbonyl (C=O) groups excluding carboxylic acids is 4. The van der Waals surface area contributed by atoms with Crippen molar-refractivity contribution >= 4 is 73.8 Å². The van der Waals surface area contributed by atoms with Crippen molar-refractivity contribution in [1.29, 1.82) is 0 Å². The molecule has 8 rings (SSSR count). The molecule has 0 bridgehead atoms. The Kier molecular flexibility index (Phi) is 23.8. The number of likely N-dealkylation sites (tertiary alicyclic amines) is 1. The normalized spacial score (nSPS) is 17.3. The number of piperidine rings is 1. The number of aliphatic hydroxyl groups is 1. The highest BCUT2D eigenvalue weighted by atomic mass is 32.2. The van der Waals surface area contributed by atoms with Crippen LogP contribution >= 0.6 is 11.3 Å². The molecule has 20 nitrogen and oxygen atoms in total. The number of piperazine rings is 1. The van der Waals surface area contributed by atoms with E-state index in [1.807, 2.05) is 71.3 Å². The van der Waals surface area contributed by atoms with Gasteiger partial charge in [0.05, 0.1) is 49.8 Å². The van der Waals surface area contributed by atoms with Crippen LogP contribution in [0.15, 0.2) is 77.4 Å². The first-order valence-corrected chi connectivity index (χ1v) is 34.2. The molecule has 5 aromatic rings. The molecule has 3 saturated heterocycles. The molecule has 0 spiro atoms. The average molecular weight is 1250 g/mol. The van der Waals surface area contributed by atoms with E-state index in [1.165, 1.54) is 11.2 Å². The number of benzene rings is 3. The lowest BCUT2D eigenvalue weighted by molar-refractivity contribution is -0.144. The number of sulfone groups is 1. The number of thiazole rings is 1. The summed E-state index contributed by atoms with van der Waals surface area (Å²) in [4.78, 5) is 81.5. The van der Waals surface area contributed by atoms with E-state index in [-0.39, 0.29) is 66.0 Å². The van der Waals surface area contributed by atoms with Gasteiger partial charge in [0.2, 0.25) is 35.5 Å². The third kappa shape index (κ3) is 18.2. The van der Waals surface area contributed by atoms with Crippen LogP contribution in [0.5, 0.6) is 5.75 Å². The van der Waals surface area contributed by atoms with E-state index in [0.717, 1.165) is 143 Å². The van der Waals surface area contributed by atoms with Gasteiger partial charge >= 0.3 is 0 Å². The summed E-state index contributed by atoms with van der Waals surface area (Å²) >= 11 is 1.58. The fourth-order valence-electron chi connectivity index (χ4n) is 12.0. The molecule has 0 aliphatic carbocycles. The number of para-hydroxylation sites is 1. The van der Waals surface area contributed by atoms with Crippen LogP contribution in [-0.2, 0) is 35.6 Å². The maximum absolute atomic E-state index is 14.1. The fraction of sp³-hybridized carbons (Fsp3) is 0.576. The van der Waals surface area contributed by atoms with Crippen LogP contribution in [0.3, 0.4) is 0 Å². The van der Waals surface area contributed by atoms with Crippen LogP contribution in [0.2, 0.25) is 0 Å². The van der Waals surface area contributed by atoms with Crippen LogP contribution in [0.4, 0.5) is 29.0 Å². The van der Waals surface area contributed by atoms with Gasteiger partial charge in [-0.1, -0.05) is 102 Å². The molecule has 3 aliphatic heterocycles. The number of hydrogen-bond donors (Lipinski definition) is 5. The van der Waals surface area contributed by atoms with Crippen molar-refractivity contribution in [1.82, 2.24) is 45.3 Å². The summed E-state index contributed by atoms with van der Waals surface area (Å²) in [6.07, 6.45) is 12.6. The highest BCUT2D eigenvalue weighted by molar-refractivity contribution is 7.92. The molecule has 5 heterocycles. The van der Waals surface area contributed by atoms with Gasteiger partial charge in [0, 0.05) is 89.4 Å². The Morgan fingerprint density at radius 3 is 2.01 bits per heavy atom. The van der Waals surface area contributed by atoms with Crippen molar-refractivity contribution in [2.75, 3.05) is 61.3 Å². The van der Waals surface area contributed by atoms with Crippen molar-refractivity contribution < 1.29 is 37.4 Å². The zero-order valence-electron chi connectivity index (χ0n) is 53.1. The number of nitrogens with zero attached hydrogens (tertiary/aromatic N) is 8. The van der Waals surface area contributed by atoms with Crippen LogP contribution in [0, 0.1) is 19.3 Å². The Labute approximate surface area is 525 Å². The summed E-state index contributed by atoms with van der Waals surface area (Å²) in [6.45, 7) is 22.5. The van der Waals surface area contributed by atoms with Crippen molar-refractivity contribution in [2.24, 2.45) is 5.41 Å². The Bertz CT molecular complexity index is 3250. The van der Waals surface area contributed by atoms with E-state index in [2.05, 4.69) is 75.0 Å². The van der Waals surface area contributed by atoms with Gasteiger partial charge in [-0.3, -0.25) is 24.1 Å².